The Balaban J connectivity index is 0.000000321. The average Bonchev–Trinajstić information content (AvgIpc) is 3.21. The molecule has 2 fully saturated rings. The average molecular weight is 430 g/mol. The van der Waals surface area contributed by atoms with Crippen molar-refractivity contribution in [2.45, 2.75) is 16.8 Å². The summed E-state index contributed by atoms with van der Waals surface area (Å²) in [6, 6.07) is 3.47. The number of likely N-dealkylation sites (tertiary alicyclic amines) is 1. The van der Waals surface area contributed by atoms with Gasteiger partial charge in [0.25, 0.3) is 10.0 Å². The van der Waals surface area contributed by atoms with Gasteiger partial charge in [0.2, 0.25) is 0 Å². The van der Waals surface area contributed by atoms with E-state index in [0.29, 0.717) is 17.3 Å². The van der Waals surface area contributed by atoms with Crippen LogP contribution in [0.15, 0.2) is 21.7 Å². The smallest absolute Gasteiger partial charge is 0.475 e. The zero-order chi connectivity index (χ0) is 20.3. The van der Waals surface area contributed by atoms with Crippen LogP contribution in [0.3, 0.4) is 0 Å². The van der Waals surface area contributed by atoms with E-state index in [-0.39, 0.29) is 5.41 Å². The largest absolute Gasteiger partial charge is 0.490 e. The van der Waals surface area contributed by atoms with Gasteiger partial charge < -0.3 is 14.7 Å². The van der Waals surface area contributed by atoms with Gasteiger partial charge in [-0.05, 0) is 24.4 Å². The number of sulfonamides is 1. The molecule has 12 heteroatoms. The summed E-state index contributed by atoms with van der Waals surface area (Å²) >= 11 is 1.29. The van der Waals surface area contributed by atoms with Gasteiger partial charge in [0.1, 0.15) is 4.21 Å². The Kier molecular flexibility index (Phi) is 6.90. The minimum atomic E-state index is -5.08. The molecule has 0 bridgehead atoms. The number of thiophene rings is 1. The number of alkyl halides is 3. The van der Waals surface area contributed by atoms with Crippen LogP contribution in [-0.2, 0) is 19.6 Å². The van der Waals surface area contributed by atoms with Gasteiger partial charge in [-0.15, -0.1) is 11.3 Å². The molecule has 3 rings (SSSR count). The number of rotatable bonds is 5. The van der Waals surface area contributed by atoms with E-state index in [1.807, 2.05) is 5.38 Å². The van der Waals surface area contributed by atoms with Gasteiger partial charge in [-0.25, -0.2) is 13.2 Å². The summed E-state index contributed by atoms with van der Waals surface area (Å²) < 4.78 is 63.7. The minimum absolute atomic E-state index is 0.179. The minimum Gasteiger partial charge on any atom is -0.475 e. The van der Waals surface area contributed by atoms with E-state index in [1.165, 1.54) is 11.3 Å². The van der Waals surface area contributed by atoms with Gasteiger partial charge in [0, 0.05) is 38.7 Å². The summed E-state index contributed by atoms with van der Waals surface area (Å²) in [5.74, 6) is -2.76. The Morgan fingerprint density at radius 3 is 2.48 bits per heavy atom. The van der Waals surface area contributed by atoms with Crippen LogP contribution in [0.25, 0.3) is 0 Å². The predicted octanol–water partition coefficient (Wildman–Crippen LogP) is 1.72. The van der Waals surface area contributed by atoms with Crippen molar-refractivity contribution >= 4 is 27.3 Å². The fourth-order valence-electron chi connectivity index (χ4n) is 3.11. The molecule has 154 valence electrons. The fraction of sp³-hybridized carbons (Fsp3) is 0.667. The van der Waals surface area contributed by atoms with Crippen molar-refractivity contribution in [3.63, 3.8) is 0 Å². The Morgan fingerprint density at radius 1 is 1.37 bits per heavy atom. The lowest BCUT2D eigenvalue weighted by Crippen LogP contribution is -2.59. The molecule has 3 heterocycles. The molecule has 0 aliphatic carbocycles. The molecule has 0 aromatic carbocycles. The summed E-state index contributed by atoms with van der Waals surface area (Å²) in [7, 11) is -1.54. The number of halogens is 3. The second-order valence-corrected chi connectivity index (χ2v) is 9.64. The number of carboxylic acid groups (broad SMARTS) is 1. The highest BCUT2D eigenvalue weighted by Gasteiger charge is 2.51. The predicted molar refractivity (Wildman–Crippen MR) is 92.1 cm³/mol. The van der Waals surface area contributed by atoms with E-state index in [2.05, 4.69) is 4.90 Å². The molecular weight excluding hydrogens is 409 g/mol. The molecular formula is C15H21F3N2O5S2. The van der Waals surface area contributed by atoms with Crippen LogP contribution < -0.4 is 0 Å². The molecule has 0 unspecified atom stereocenters. The van der Waals surface area contributed by atoms with Gasteiger partial charge >= 0.3 is 12.1 Å². The standard InChI is InChI=1S/C13H20N2O3S2.C2HF3O2/c1-18-7-6-14-5-4-13(9-14)10-15(11-13)20(16,17)12-3-2-8-19-12;3-2(4,5)1(6)7/h2-3,8H,4-7,9-11H2,1H3;(H,6,7). The highest BCUT2D eigenvalue weighted by molar-refractivity contribution is 7.91. The summed E-state index contributed by atoms with van der Waals surface area (Å²) in [6.45, 7) is 5.06. The van der Waals surface area contributed by atoms with Crippen molar-refractivity contribution in [3.05, 3.63) is 17.5 Å². The first-order valence-corrected chi connectivity index (χ1v) is 10.4. The van der Waals surface area contributed by atoms with Crippen LogP contribution in [0.1, 0.15) is 6.42 Å². The number of carboxylic acids is 1. The maximum atomic E-state index is 12.4. The van der Waals surface area contributed by atoms with Gasteiger partial charge in [-0.3, -0.25) is 0 Å². The summed E-state index contributed by atoms with van der Waals surface area (Å²) in [4.78, 5) is 11.3. The SMILES string of the molecule is COCCN1CCC2(C1)CN(S(=O)(=O)c1cccs1)C2.O=C(O)C(F)(F)F. The number of hydrogen-bond acceptors (Lipinski definition) is 6. The zero-order valence-corrected chi connectivity index (χ0v) is 16.2. The lowest BCUT2D eigenvalue weighted by molar-refractivity contribution is -0.192. The Morgan fingerprint density at radius 2 is 2.00 bits per heavy atom. The van der Waals surface area contributed by atoms with Crippen LogP contribution in [0.2, 0.25) is 0 Å². The lowest BCUT2D eigenvalue weighted by Gasteiger charge is -2.46. The highest BCUT2D eigenvalue weighted by Crippen LogP contribution is 2.42. The quantitative estimate of drug-likeness (QED) is 0.766. The fourth-order valence-corrected chi connectivity index (χ4v) is 5.92. The van der Waals surface area contributed by atoms with Crippen LogP contribution in [0.5, 0.6) is 0 Å². The maximum absolute atomic E-state index is 12.4. The lowest BCUT2D eigenvalue weighted by atomic mass is 9.81. The number of hydrogen-bond donors (Lipinski definition) is 1. The molecule has 1 N–H and O–H groups in total. The number of methoxy groups -OCH3 is 1. The van der Waals surface area contributed by atoms with E-state index >= 15 is 0 Å². The first-order valence-electron chi connectivity index (χ1n) is 8.05. The second kappa shape index (κ2) is 8.43. The Hall–Kier alpha value is -1.21. The van der Waals surface area contributed by atoms with Crippen LogP contribution in [-0.4, -0.2) is 81.3 Å². The number of nitrogens with zero attached hydrogens (tertiary/aromatic N) is 2. The monoisotopic (exact) mass is 430 g/mol. The van der Waals surface area contributed by atoms with Crippen molar-refractivity contribution < 1.29 is 36.2 Å². The molecule has 0 radical (unpaired) electrons. The molecule has 2 aliphatic heterocycles. The summed E-state index contributed by atoms with van der Waals surface area (Å²) in [5.41, 5.74) is 0.179. The van der Waals surface area contributed by atoms with E-state index in [0.717, 1.165) is 32.7 Å². The van der Waals surface area contributed by atoms with E-state index in [1.54, 1.807) is 23.5 Å². The van der Waals surface area contributed by atoms with E-state index in [9.17, 15) is 21.6 Å². The first-order chi connectivity index (χ1) is 12.5. The van der Waals surface area contributed by atoms with Crippen molar-refractivity contribution in [2.75, 3.05) is 46.4 Å². The van der Waals surface area contributed by atoms with Gasteiger partial charge in [0.15, 0.2) is 0 Å². The maximum Gasteiger partial charge on any atom is 0.490 e. The normalized spacial score (nSPS) is 20.1. The first kappa shape index (κ1) is 22.1. The molecule has 0 amide bonds. The second-order valence-electron chi connectivity index (χ2n) is 6.53. The molecule has 0 atom stereocenters. The van der Waals surface area contributed by atoms with Gasteiger partial charge in [0.05, 0.1) is 6.61 Å². The molecule has 0 saturated carbocycles. The molecule has 1 aromatic rings. The highest BCUT2D eigenvalue weighted by atomic mass is 32.2. The van der Waals surface area contributed by atoms with Crippen LogP contribution >= 0.6 is 11.3 Å². The van der Waals surface area contributed by atoms with Crippen LogP contribution in [0, 0.1) is 5.41 Å². The van der Waals surface area contributed by atoms with E-state index < -0.39 is 22.2 Å². The third kappa shape index (κ3) is 5.41. The molecule has 1 spiro atoms. The summed E-state index contributed by atoms with van der Waals surface area (Å²) in [5, 5.41) is 8.94. The van der Waals surface area contributed by atoms with Gasteiger partial charge in [-0.2, -0.15) is 17.5 Å². The number of aliphatic carboxylic acids is 1. The zero-order valence-electron chi connectivity index (χ0n) is 14.6. The van der Waals surface area contributed by atoms with Crippen molar-refractivity contribution in [1.82, 2.24) is 9.21 Å². The molecule has 27 heavy (non-hydrogen) atoms. The molecule has 7 nitrogen and oxygen atoms in total. The van der Waals surface area contributed by atoms with Crippen molar-refractivity contribution in [2.24, 2.45) is 5.41 Å². The van der Waals surface area contributed by atoms with Crippen molar-refractivity contribution in [3.8, 4) is 0 Å². The molecule has 1 aromatic heterocycles. The van der Waals surface area contributed by atoms with Gasteiger partial charge in [-0.1, -0.05) is 6.07 Å². The molecule has 2 aliphatic rings. The molecule has 2 saturated heterocycles. The summed E-state index contributed by atoms with van der Waals surface area (Å²) in [6.07, 6.45) is -3.99. The van der Waals surface area contributed by atoms with E-state index in [4.69, 9.17) is 14.6 Å². The third-order valence-corrected chi connectivity index (χ3v) is 7.65. The Bertz CT molecular complexity index is 731. The topological polar surface area (TPSA) is 87.2 Å². The van der Waals surface area contributed by atoms with Crippen molar-refractivity contribution in [1.29, 1.82) is 0 Å². The number of ether oxygens (including phenoxy) is 1. The third-order valence-electron chi connectivity index (χ3n) is 4.48. The Labute approximate surface area is 159 Å². The number of carbonyl (C=O) groups is 1. The van der Waals surface area contributed by atoms with Crippen LogP contribution in [0.4, 0.5) is 13.2 Å².